The first kappa shape index (κ1) is 16.7. The maximum atomic E-state index is 12.3. The van der Waals surface area contributed by atoms with E-state index in [4.69, 9.17) is 4.52 Å². The van der Waals surface area contributed by atoms with Crippen LogP contribution in [0.3, 0.4) is 0 Å². The van der Waals surface area contributed by atoms with Crippen LogP contribution in [0.2, 0.25) is 0 Å². The van der Waals surface area contributed by atoms with Gasteiger partial charge in [-0.2, -0.15) is 5.10 Å². The second-order valence-corrected chi connectivity index (χ2v) is 6.71. The highest BCUT2D eigenvalue weighted by atomic mass is 16.5. The first-order valence-electron chi connectivity index (χ1n) is 8.39. The third-order valence-corrected chi connectivity index (χ3v) is 4.84. The van der Waals surface area contributed by atoms with Crippen molar-refractivity contribution in [1.29, 1.82) is 0 Å². The minimum Gasteiger partial charge on any atom is -0.361 e. The highest BCUT2D eigenvalue weighted by Crippen LogP contribution is 2.21. The fourth-order valence-electron chi connectivity index (χ4n) is 3.39. The van der Waals surface area contributed by atoms with Gasteiger partial charge in [0.15, 0.2) is 0 Å². The number of aromatic amines is 1. The number of H-pyrrole nitrogens is 1. The molecule has 3 heterocycles. The number of hydrogen-bond donors (Lipinski definition) is 2. The molecule has 1 aliphatic rings. The van der Waals surface area contributed by atoms with Gasteiger partial charge in [0.25, 0.3) is 5.91 Å². The van der Waals surface area contributed by atoms with E-state index in [2.05, 4.69) is 32.5 Å². The van der Waals surface area contributed by atoms with Gasteiger partial charge in [0.05, 0.1) is 11.4 Å². The van der Waals surface area contributed by atoms with Gasteiger partial charge in [0.1, 0.15) is 11.3 Å². The maximum Gasteiger partial charge on any atom is 0.256 e. The molecule has 1 unspecified atom stereocenters. The van der Waals surface area contributed by atoms with E-state index in [1.54, 1.807) is 13.8 Å². The molecule has 3 rings (SSSR count). The van der Waals surface area contributed by atoms with Crippen LogP contribution in [-0.4, -0.2) is 45.8 Å². The molecule has 24 heavy (non-hydrogen) atoms. The largest absolute Gasteiger partial charge is 0.361 e. The van der Waals surface area contributed by atoms with Gasteiger partial charge >= 0.3 is 0 Å². The van der Waals surface area contributed by atoms with Gasteiger partial charge in [-0.25, -0.2) is 0 Å². The molecule has 1 fully saturated rings. The number of aromatic nitrogens is 3. The first-order valence-corrected chi connectivity index (χ1v) is 8.39. The van der Waals surface area contributed by atoms with Crippen molar-refractivity contribution in [3.8, 4) is 0 Å². The van der Waals surface area contributed by atoms with Gasteiger partial charge < -0.3 is 9.84 Å². The van der Waals surface area contributed by atoms with E-state index in [0.29, 0.717) is 29.5 Å². The molecule has 0 spiro atoms. The molecule has 1 atom stereocenters. The van der Waals surface area contributed by atoms with Gasteiger partial charge in [0, 0.05) is 30.9 Å². The van der Waals surface area contributed by atoms with Crippen LogP contribution in [0.4, 0.5) is 0 Å². The summed E-state index contributed by atoms with van der Waals surface area (Å²) < 4.78 is 5.06. The highest BCUT2D eigenvalue weighted by Gasteiger charge is 2.25. The minimum atomic E-state index is -0.0915. The van der Waals surface area contributed by atoms with Gasteiger partial charge in [-0.3, -0.25) is 14.8 Å². The molecular formula is C17H25N5O2. The lowest BCUT2D eigenvalue weighted by molar-refractivity contribution is 0.0945. The number of carbonyl (C=O) groups is 1. The molecule has 2 aromatic heterocycles. The number of carbonyl (C=O) groups excluding carboxylic acids is 1. The van der Waals surface area contributed by atoms with Crippen LogP contribution < -0.4 is 5.32 Å². The van der Waals surface area contributed by atoms with Crippen molar-refractivity contribution < 1.29 is 9.32 Å². The zero-order chi connectivity index (χ0) is 17.3. The van der Waals surface area contributed by atoms with E-state index in [-0.39, 0.29) is 5.91 Å². The topological polar surface area (TPSA) is 87.0 Å². The number of nitrogens with zero attached hydrogens (tertiary/aromatic N) is 3. The van der Waals surface area contributed by atoms with Gasteiger partial charge in [0.2, 0.25) is 0 Å². The summed E-state index contributed by atoms with van der Waals surface area (Å²) in [6, 6.07) is 0. The van der Waals surface area contributed by atoms with Crippen LogP contribution in [0.1, 0.15) is 45.2 Å². The Morgan fingerprint density at radius 3 is 2.75 bits per heavy atom. The lowest BCUT2D eigenvalue weighted by Gasteiger charge is -2.16. The molecule has 0 aromatic carbocycles. The van der Waals surface area contributed by atoms with Crippen LogP contribution >= 0.6 is 0 Å². The SMILES string of the molecule is Cc1n[nH]c(C)c1CN1CCC(CNC(=O)c2c(C)noc2C)C1. The normalized spacial score (nSPS) is 18.2. The summed E-state index contributed by atoms with van der Waals surface area (Å²) in [7, 11) is 0. The molecular weight excluding hydrogens is 306 g/mol. The molecule has 1 amide bonds. The molecule has 0 radical (unpaired) electrons. The third-order valence-electron chi connectivity index (χ3n) is 4.84. The minimum absolute atomic E-state index is 0.0915. The van der Waals surface area contributed by atoms with Crippen molar-refractivity contribution in [2.24, 2.45) is 5.92 Å². The Balaban J connectivity index is 1.51. The number of nitrogens with one attached hydrogen (secondary N) is 2. The summed E-state index contributed by atoms with van der Waals surface area (Å²) in [5, 5.41) is 14.2. The Hall–Kier alpha value is -2.15. The standard InChI is InChI=1S/C17H25N5O2/c1-10-15(11(2)20-19-10)9-22-6-5-14(8-22)7-18-17(23)16-12(3)21-24-13(16)4/h14H,5-9H2,1-4H3,(H,18,23)(H,19,20). The van der Waals surface area contributed by atoms with Crippen molar-refractivity contribution in [3.63, 3.8) is 0 Å². The molecule has 1 aliphatic heterocycles. The van der Waals surface area contributed by atoms with Crippen LogP contribution in [-0.2, 0) is 6.54 Å². The number of likely N-dealkylation sites (tertiary alicyclic amines) is 1. The van der Waals surface area contributed by atoms with Crippen LogP contribution in [0.15, 0.2) is 4.52 Å². The van der Waals surface area contributed by atoms with Gasteiger partial charge in [-0.05, 0) is 46.6 Å². The number of rotatable bonds is 5. The molecule has 7 heteroatoms. The second-order valence-electron chi connectivity index (χ2n) is 6.71. The lowest BCUT2D eigenvalue weighted by atomic mass is 10.1. The molecule has 2 aromatic rings. The van der Waals surface area contributed by atoms with Crippen molar-refractivity contribution >= 4 is 5.91 Å². The van der Waals surface area contributed by atoms with Crippen molar-refractivity contribution in [3.05, 3.63) is 34.0 Å². The van der Waals surface area contributed by atoms with Crippen molar-refractivity contribution in [2.75, 3.05) is 19.6 Å². The Morgan fingerprint density at radius 2 is 2.12 bits per heavy atom. The van der Waals surface area contributed by atoms with E-state index in [1.807, 2.05) is 6.92 Å². The molecule has 1 saturated heterocycles. The Kier molecular flexibility index (Phi) is 4.71. The monoisotopic (exact) mass is 331 g/mol. The summed E-state index contributed by atoms with van der Waals surface area (Å²) >= 11 is 0. The molecule has 0 saturated carbocycles. The quantitative estimate of drug-likeness (QED) is 0.873. The zero-order valence-corrected chi connectivity index (χ0v) is 14.8. The summed E-state index contributed by atoms with van der Waals surface area (Å²) in [5.41, 5.74) is 4.71. The average Bonchev–Trinajstić information content (AvgIpc) is 3.22. The average molecular weight is 331 g/mol. The van der Waals surface area contributed by atoms with E-state index < -0.39 is 0 Å². The van der Waals surface area contributed by atoms with E-state index in [1.165, 1.54) is 5.56 Å². The van der Waals surface area contributed by atoms with Crippen LogP contribution in [0, 0.1) is 33.6 Å². The highest BCUT2D eigenvalue weighted by molar-refractivity contribution is 5.96. The predicted molar refractivity (Wildman–Crippen MR) is 89.8 cm³/mol. The van der Waals surface area contributed by atoms with Crippen molar-refractivity contribution in [1.82, 2.24) is 25.6 Å². The predicted octanol–water partition coefficient (Wildman–Crippen LogP) is 1.88. The number of amides is 1. The maximum absolute atomic E-state index is 12.3. The Bertz CT molecular complexity index is 694. The van der Waals surface area contributed by atoms with Crippen molar-refractivity contribution in [2.45, 2.75) is 40.7 Å². The van der Waals surface area contributed by atoms with Gasteiger partial charge in [-0.1, -0.05) is 5.16 Å². The zero-order valence-electron chi connectivity index (χ0n) is 14.8. The van der Waals surface area contributed by atoms with E-state index in [0.717, 1.165) is 37.4 Å². The Morgan fingerprint density at radius 1 is 1.33 bits per heavy atom. The molecule has 7 nitrogen and oxygen atoms in total. The fraction of sp³-hybridized carbons (Fsp3) is 0.588. The van der Waals surface area contributed by atoms with Gasteiger partial charge in [-0.15, -0.1) is 0 Å². The second kappa shape index (κ2) is 6.76. The smallest absolute Gasteiger partial charge is 0.256 e. The third kappa shape index (κ3) is 3.36. The summed E-state index contributed by atoms with van der Waals surface area (Å²) in [4.78, 5) is 14.7. The first-order chi connectivity index (χ1) is 11.5. The molecule has 0 bridgehead atoms. The lowest BCUT2D eigenvalue weighted by Crippen LogP contribution is -2.31. The molecule has 0 aliphatic carbocycles. The summed E-state index contributed by atoms with van der Waals surface area (Å²) in [6.07, 6.45) is 1.10. The molecule has 130 valence electrons. The number of hydrogen-bond acceptors (Lipinski definition) is 5. The van der Waals surface area contributed by atoms with Crippen LogP contribution in [0.25, 0.3) is 0 Å². The summed E-state index contributed by atoms with van der Waals surface area (Å²) in [6.45, 7) is 11.3. The molecule has 2 N–H and O–H groups in total. The summed E-state index contributed by atoms with van der Waals surface area (Å²) in [5.74, 6) is 0.956. The Labute approximate surface area is 141 Å². The van der Waals surface area contributed by atoms with Crippen LogP contribution in [0.5, 0.6) is 0 Å². The fourth-order valence-corrected chi connectivity index (χ4v) is 3.39. The van der Waals surface area contributed by atoms with E-state index >= 15 is 0 Å². The number of aryl methyl sites for hydroxylation is 4. The van der Waals surface area contributed by atoms with E-state index in [9.17, 15) is 4.79 Å².